The molecule has 0 aliphatic rings. The van der Waals surface area contributed by atoms with Crippen LogP contribution in [0.15, 0.2) is 59.0 Å². The third-order valence-electron chi connectivity index (χ3n) is 3.48. The summed E-state index contributed by atoms with van der Waals surface area (Å²) in [6.07, 6.45) is 3.09. The van der Waals surface area contributed by atoms with Crippen molar-refractivity contribution >= 4 is 18.0 Å². The van der Waals surface area contributed by atoms with Gasteiger partial charge in [0.15, 0.2) is 0 Å². The monoisotopic (exact) mass is 351 g/mol. The van der Waals surface area contributed by atoms with Crippen LogP contribution in [0.4, 0.5) is 6.01 Å². The topological polar surface area (TPSA) is 86.5 Å². The highest BCUT2D eigenvalue weighted by Gasteiger charge is 2.12. The number of carbonyl (C=O) groups excluding carboxylic acids is 1. The van der Waals surface area contributed by atoms with Gasteiger partial charge in [-0.05, 0) is 23.8 Å². The van der Waals surface area contributed by atoms with Crippen LogP contribution in [0.5, 0.6) is 11.5 Å². The molecule has 0 saturated carbocycles. The summed E-state index contributed by atoms with van der Waals surface area (Å²) in [4.78, 5) is 12.0. The zero-order valence-electron chi connectivity index (χ0n) is 14.3. The minimum atomic E-state index is -0.368. The molecule has 3 rings (SSSR count). The number of rotatable bonds is 6. The summed E-state index contributed by atoms with van der Waals surface area (Å²) in [7, 11) is 3.11. The van der Waals surface area contributed by atoms with Crippen molar-refractivity contribution in [2.24, 2.45) is 0 Å². The van der Waals surface area contributed by atoms with E-state index < -0.39 is 0 Å². The maximum atomic E-state index is 12.0. The maximum absolute atomic E-state index is 12.0. The van der Waals surface area contributed by atoms with Gasteiger partial charge in [0, 0.05) is 17.7 Å². The summed E-state index contributed by atoms with van der Waals surface area (Å²) in [5.74, 6) is 1.06. The third kappa shape index (κ3) is 4.27. The fourth-order valence-corrected chi connectivity index (χ4v) is 2.20. The molecule has 0 spiro atoms. The summed E-state index contributed by atoms with van der Waals surface area (Å²) in [6, 6.07) is 14.7. The first-order valence-corrected chi connectivity index (χ1v) is 7.79. The molecule has 3 aromatic rings. The number of methoxy groups -OCH3 is 2. The molecule has 7 heteroatoms. The van der Waals surface area contributed by atoms with Crippen molar-refractivity contribution in [3.05, 3.63) is 60.2 Å². The summed E-state index contributed by atoms with van der Waals surface area (Å²) in [5.41, 5.74) is 1.53. The van der Waals surface area contributed by atoms with Gasteiger partial charge in [-0.2, -0.15) is 0 Å². The standard InChI is InChI=1S/C19H17N3O4/c1-24-15-10-14(11-16(12-15)25-2)18-21-22-19(26-18)20-17(23)9-8-13-6-4-3-5-7-13/h3-12H,1-2H3,(H,20,22,23). The summed E-state index contributed by atoms with van der Waals surface area (Å²) in [6.45, 7) is 0. The van der Waals surface area contributed by atoms with Gasteiger partial charge in [0.1, 0.15) is 11.5 Å². The van der Waals surface area contributed by atoms with Crippen molar-refractivity contribution in [2.45, 2.75) is 0 Å². The van der Waals surface area contributed by atoms with Gasteiger partial charge in [0.2, 0.25) is 5.89 Å². The summed E-state index contributed by atoms with van der Waals surface area (Å²) in [5, 5.41) is 10.3. The summed E-state index contributed by atoms with van der Waals surface area (Å²) < 4.78 is 15.9. The molecule has 26 heavy (non-hydrogen) atoms. The van der Waals surface area contributed by atoms with Crippen LogP contribution in [0.3, 0.4) is 0 Å². The molecule has 1 amide bonds. The number of nitrogens with one attached hydrogen (secondary N) is 1. The van der Waals surface area contributed by atoms with Gasteiger partial charge < -0.3 is 13.9 Å². The lowest BCUT2D eigenvalue weighted by molar-refractivity contribution is -0.112. The normalized spacial score (nSPS) is 10.7. The number of hydrogen-bond acceptors (Lipinski definition) is 6. The van der Waals surface area contributed by atoms with E-state index in [4.69, 9.17) is 13.9 Å². The fourth-order valence-electron chi connectivity index (χ4n) is 2.20. The average molecular weight is 351 g/mol. The van der Waals surface area contributed by atoms with E-state index >= 15 is 0 Å². The molecule has 0 fully saturated rings. The van der Waals surface area contributed by atoms with Crippen molar-refractivity contribution in [1.82, 2.24) is 10.2 Å². The lowest BCUT2D eigenvalue weighted by Gasteiger charge is -2.05. The molecule has 0 bridgehead atoms. The van der Waals surface area contributed by atoms with Gasteiger partial charge in [-0.15, -0.1) is 5.10 Å². The maximum Gasteiger partial charge on any atom is 0.322 e. The Morgan fingerprint density at radius 3 is 2.38 bits per heavy atom. The van der Waals surface area contributed by atoms with E-state index in [2.05, 4.69) is 15.5 Å². The largest absolute Gasteiger partial charge is 0.497 e. The van der Waals surface area contributed by atoms with E-state index in [1.807, 2.05) is 30.3 Å². The lowest BCUT2D eigenvalue weighted by Crippen LogP contribution is -2.07. The van der Waals surface area contributed by atoms with Crippen molar-refractivity contribution in [3.8, 4) is 23.0 Å². The van der Waals surface area contributed by atoms with Crippen molar-refractivity contribution in [2.75, 3.05) is 19.5 Å². The Bertz CT molecular complexity index is 897. The minimum absolute atomic E-state index is 0.00417. The molecule has 0 radical (unpaired) electrons. The van der Waals surface area contributed by atoms with Crippen LogP contribution in [0, 0.1) is 0 Å². The highest BCUT2D eigenvalue weighted by atomic mass is 16.5. The van der Waals surface area contributed by atoms with Crippen LogP contribution >= 0.6 is 0 Å². The highest BCUT2D eigenvalue weighted by molar-refractivity contribution is 6.00. The predicted octanol–water partition coefficient (Wildman–Crippen LogP) is 3.41. The van der Waals surface area contributed by atoms with E-state index in [0.29, 0.717) is 17.1 Å². The van der Waals surface area contributed by atoms with Crippen LogP contribution in [-0.2, 0) is 4.79 Å². The van der Waals surface area contributed by atoms with Crippen LogP contribution < -0.4 is 14.8 Å². The molecule has 0 saturated heterocycles. The Balaban J connectivity index is 1.72. The van der Waals surface area contributed by atoms with Crippen LogP contribution in [0.2, 0.25) is 0 Å². The Kier molecular flexibility index (Phi) is 5.28. The lowest BCUT2D eigenvalue weighted by atomic mass is 10.2. The fraction of sp³-hybridized carbons (Fsp3) is 0.105. The molecule has 0 aliphatic heterocycles. The van der Waals surface area contributed by atoms with E-state index in [1.54, 1.807) is 38.5 Å². The molecule has 1 heterocycles. The quantitative estimate of drug-likeness (QED) is 0.685. The molecule has 7 nitrogen and oxygen atoms in total. The van der Waals surface area contributed by atoms with Gasteiger partial charge in [0.05, 0.1) is 14.2 Å². The van der Waals surface area contributed by atoms with Gasteiger partial charge in [-0.25, -0.2) is 0 Å². The number of benzene rings is 2. The Hall–Kier alpha value is -3.61. The van der Waals surface area contributed by atoms with Gasteiger partial charge >= 0.3 is 6.01 Å². The smallest absolute Gasteiger partial charge is 0.322 e. The van der Waals surface area contributed by atoms with Crippen LogP contribution in [0.1, 0.15) is 5.56 Å². The van der Waals surface area contributed by atoms with Gasteiger partial charge in [0.25, 0.3) is 5.91 Å². The number of amides is 1. The van der Waals surface area contributed by atoms with E-state index in [-0.39, 0.29) is 17.8 Å². The Labute approximate surface area is 150 Å². The van der Waals surface area contributed by atoms with Crippen LogP contribution in [-0.4, -0.2) is 30.3 Å². The SMILES string of the molecule is COc1cc(OC)cc(-c2nnc(NC(=O)C=Cc3ccccc3)o2)c1. The molecule has 0 atom stereocenters. The second-order valence-corrected chi connectivity index (χ2v) is 5.25. The third-order valence-corrected chi connectivity index (χ3v) is 3.48. The zero-order valence-corrected chi connectivity index (χ0v) is 14.3. The second-order valence-electron chi connectivity index (χ2n) is 5.25. The second kappa shape index (κ2) is 7.98. The van der Waals surface area contributed by atoms with E-state index in [0.717, 1.165) is 5.56 Å². The Morgan fingerprint density at radius 2 is 1.73 bits per heavy atom. The van der Waals surface area contributed by atoms with E-state index in [1.165, 1.54) is 6.08 Å². The molecule has 1 N–H and O–H groups in total. The number of carbonyl (C=O) groups is 1. The predicted molar refractivity (Wildman–Crippen MR) is 96.9 cm³/mol. The number of nitrogens with zero attached hydrogens (tertiary/aromatic N) is 2. The first kappa shape index (κ1) is 17.2. The molecule has 1 aromatic heterocycles. The van der Waals surface area contributed by atoms with Crippen molar-refractivity contribution in [3.63, 3.8) is 0 Å². The number of ether oxygens (including phenoxy) is 2. The average Bonchev–Trinajstić information content (AvgIpc) is 3.15. The highest BCUT2D eigenvalue weighted by Crippen LogP contribution is 2.29. The molecule has 0 aliphatic carbocycles. The van der Waals surface area contributed by atoms with Crippen molar-refractivity contribution < 1.29 is 18.7 Å². The molecular formula is C19H17N3O4. The Morgan fingerprint density at radius 1 is 1.04 bits per heavy atom. The molecular weight excluding hydrogens is 334 g/mol. The zero-order chi connectivity index (χ0) is 18.4. The first-order valence-electron chi connectivity index (χ1n) is 7.79. The number of aromatic nitrogens is 2. The van der Waals surface area contributed by atoms with Gasteiger partial charge in [-0.3, -0.25) is 10.1 Å². The minimum Gasteiger partial charge on any atom is -0.497 e. The number of anilines is 1. The van der Waals surface area contributed by atoms with Crippen molar-refractivity contribution in [1.29, 1.82) is 0 Å². The first-order chi connectivity index (χ1) is 12.7. The molecule has 0 unspecified atom stereocenters. The summed E-state index contributed by atoms with van der Waals surface area (Å²) >= 11 is 0. The van der Waals surface area contributed by atoms with Crippen LogP contribution in [0.25, 0.3) is 17.5 Å². The molecule has 132 valence electrons. The van der Waals surface area contributed by atoms with Gasteiger partial charge in [-0.1, -0.05) is 35.4 Å². The van der Waals surface area contributed by atoms with E-state index in [9.17, 15) is 4.79 Å². The number of hydrogen-bond donors (Lipinski definition) is 1. The molecule has 2 aromatic carbocycles.